The van der Waals surface area contributed by atoms with E-state index in [2.05, 4.69) is 10.7 Å². The van der Waals surface area contributed by atoms with Crippen molar-refractivity contribution in [3.63, 3.8) is 0 Å². The highest BCUT2D eigenvalue weighted by atomic mass is 16.6. The summed E-state index contributed by atoms with van der Waals surface area (Å²) in [7, 11) is 0. The Balaban J connectivity index is 3.96. The molecule has 1 atom stereocenters. The highest BCUT2D eigenvalue weighted by Crippen LogP contribution is 2.00. The zero-order valence-electron chi connectivity index (χ0n) is 6.74. The van der Waals surface area contributed by atoms with Gasteiger partial charge in [-0.15, -0.1) is 6.42 Å². The van der Waals surface area contributed by atoms with Gasteiger partial charge in [0, 0.05) is 0 Å². The minimum Gasteiger partial charge on any atom is -0.473 e. The van der Waals surface area contributed by atoms with Gasteiger partial charge in [0.25, 0.3) is 0 Å². The molecule has 66 valence electrons. The third-order valence-corrected chi connectivity index (χ3v) is 1.16. The number of carbonyl (C=O) groups excluding carboxylic acids is 1. The maximum atomic E-state index is 10.5. The second-order valence-electron chi connectivity index (χ2n) is 2.15. The van der Waals surface area contributed by atoms with E-state index in [1.54, 1.807) is 0 Å². The van der Waals surface area contributed by atoms with Crippen molar-refractivity contribution in [2.75, 3.05) is 0 Å². The third-order valence-electron chi connectivity index (χ3n) is 1.16. The molecule has 0 aliphatic rings. The number of carboxylic acids is 1. The zero-order chi connectivity index (χ0) is 9.56. The van der Waals surface area contributed by atoms with Crippen molar-refractivity contribution >= 4 is 11.9 Å². The fourth-order valence-corrected chi connectivity index (χ4v) is 0.618. The number of carboxylic acid groups (broad SMARTS) is 1. The average molecular weight is 170 g/mol. The van der Waals surface area contributed by atoms with Crippen molar-refractivity contribution < 1.29 is 19.4 Å². The van der Waals surface area contributed by atoms with Crippen LogP contribution in [0.4, 0.5) is 0 Å². The fourth-order valence-electron chi connectivity index (χ4n) is 0.618. The Bertz CT molecular complexity index is 214. The van der Waals surface area contributed by atoms with Gasteiger partial charge < -0.3 is 9.84 Å². The average Bonchev–Trinajstić information content (AvgIpc) is 2.03. The van der Waals surface area contributed by atoms with Gasteiger partial charge in [-0.3, -0.25) is 0 Å². The molecule has 0 saturated carbocycles. The van der Waals surface area contributed by atoms with E-state index < -0.39 is 18.0 Å². The predicted octanol–water partition coefficient (Wildman–Crippen LogP) is 0.416. The van der Waals surface area contributed by atoms with Crippen molar-refractivity contribution in [2.45, 2.75) is 25.9 Å². The standard InChI is InChI=1S/C8H10O4/c1-3-5-6(4-2)12-8(11)7(9)10/h2,6H,3,5H2,1H3,(H,9,10). The molecule has 12 heavy (non-hydrogen) atoms. The molecule has 0 spiro atoms. The molecule has 0 aromatic heterocycles. The van der Waals surface area contributed by atoms with Crippen LogP contribution >= 0.6 is 0 Å². The number of carbonyl (C=O) groups is 2. The number of hydrogen-bond donors (Lipinski definition) is 1. The summed E-state index contributed by atoms with van der Waals surface area (Å²) >= 11 is 0. The van der Waals surface area contributed by atoms with E-state index in [1.807, 2.05) is 6.92 Å². The first-order valence-electron chi connectivity index (χ1n) is 3.51. The van der Waals surface area contributed by atoms with Crippen LogP contribution in [0.15, 0.2) is 0 Å². The van der Waals surface area contributed by atoms with Gasteiger partial charge in [0.15, 0.2) is 6.10 Å². The minimum atomic E-state index is -1.62. The van der Waals surface area contributed by atoms with Crippen molar-refractivity contribution in [2.24, 2.45) is 0 Å². The summed E-state index contributed by atoms with van der Waals surface area (Å²) in [6.45, 7) is 1.86. The Labute approximate surface area is 70.5 Å². The SMILES string of the molecule is C#CC(CCC)OC(=O)C(=O)O. The topological polar surface area (TPSA) is 63.6 Å². The van der Waals surface area contributed by atoms with E-state index in [0.717, 1.165) is 6.42 Å². The second kappa shape index (κ2) is 5.19. The van der Waals surface area contributed by atoms with E-state index in [1.165, 1.54) is 0 Å². The number of aliphatic carboxylic acids is 1. The molecule has 0 radical (unpaired) electrons. The van der Waals surface area contributed by atoms with Crippen LogP contribution in [0.1, 0.15) is 19.8 Å². The summed E-state index contributed by atoms with van der Waals surface area (Å²) in [4.78, 5) is 20.5. The molecule has 0 heterocycles. The lowest BCUT2D eigenvalue weighted by molar-refractivity contribution is -0.165. The van der Waals surface area contributed by atoms with Crippen LogP contribution in [0.2, 0.25) is 0 Å². The van der Waals surface area contributed by atoms with Gasteiger partial charge in [-0.05, 0) is 6.42 Å². The first-order valence-corrected chi connectivity index (χ1v) is 3.51. The Hall–Kier alpha value is -1.50. The van der Waals surface area contributed by atoms with Crippen LogP contribution in [0, 0.1) is 12.3 Å². The molecular weight excluding hydrogens is 160 g/mol. The van der Waals surface area contributed by atoms with E-state index in [-0.39, 0.29) is 0 Å². The Morgan fingerprint density at radius 1 is 1.67 bits per heavy atom. The van der Waals surface area contributed by atoms with Crippen LogP contribution in [0.5, 0.6) is 0 Å². The lowest BCUT2D eigenvalue weighted by Gasteiger charge is -2.08. The van der Waals surface area contributed by atoms with E-state index in [0.29, 0.717) is 6.42 Å². The third kappa shape index (κ3) is 3.62. The summed E-state index contributed by atoms with van der Waals surface area (Å²) in [5.74, 6) is -0.736. The molecule has 4 nitrogen and oxygen atoms in total. The van der Waals surface area contributed by atoms with Crippen LogP contribution in [0.3, 0.4) is 0 Å². The maximum Gasteiger partial charge on any atom is 0.418 e. The van der Waals surface area contributed by atoms with Gasteiger partial charge >= 0.3 is 11.9 Å². The van der Waals surface area contributed by atoms with Gasteiger partial charge in [0.05, 0.1) is 0 Å². The largest absolute Gasteiger partial charge is 0.473 e. The normalized spacial score (nSPS) is 11.3. The lowest BCUT2D eigenvalue weighted by atomic mass is 10.2. The van der Waals surface area contributed by atoms with Crippen molar-refractivity contribution in [1.29, 1.82) is 0 Å². The molecule has 4 heteroatoms. The van der Waals surface area contributed by atoms with Crippen LogP contribution in [-0.4, -0.2) is 23.1 Å². The summed E-state index contributed by atoms with van der Waals surface area (Å²) in [6.07, 6.45) is 5.48. The van der Waals surface area contributed by atoms with Gasteiger partial charge in [-0.1, -0.05) is 19.3 Å². The molecule has 0 bridgehead atoms. The van der Waals surface area contributed by atoms with Crippen molar-refractivity contribution in [3.8, 4) is 12.3 Å². The number of esters is 1. The Morgan fingerprint density at radius 3 is 2.58 bits per heavy atom. The molecule has 0 aliphatic heterocycles. The predicted molar refractivity (Wildman–Crippen MR) is 41.3 cm³/mol. The Morgan fingerprint density at radius 2 is 2.25 bits per heavy atom. The summed E-state index contributed by atoms with van der Waals surface area (Å²) < 4.78 is 4.43. The molecule has 0 rings (SSSR count). The molecular formula is C8H10O4. The molecule has 0 saturated heterocycles. The van der Waals surface area contributed by atoms with Crippen molar-refractivity contribution in [3.05, 3.63) is 0 Å². The smallest absolute Gasteiger partial charge is 0.418 e. The molecule has 0 aromatic rings. The van der Waals surface area contributed by atoms with Gasteiger partial charge in [0.2, 0.25) is 0 Å². The highest BCUT2D eigenvalue weighted by molar-refractivity contribution is 6.28. The first-order chi connectivity index (χ1) is 5.61. The minimum absolute atomic E-state index is 0.482. The lowest BCUT2D eigenvalue weighted by Crippen LogP contribution is -2.22. The molecule has 1 unspecified atom stereocenters. The summed E-state index contributed by atoms with van der Waals surface area (Å²) in [5, 5.41) is 8.15. The first kappa shape index (κ1) is 10.5. The van der Waals surface area contributed by atoms with E-state index >= 15 is 0 Å². The molecule has 0 aromatic carbocycles. The monoisotopic (exact) mass is 170 g/mol. The fraction of sp³-hybridized carbons (Fsp3) is 0.500. The second-order valence-corrected chi connectivity index (χ2v) is 2.15. The molecule has 0 aliphatic carbocycles. The quantitative estimate of drug-likeness (QED) is 0.378. The molecule has 0 fully saturated rings. The highest BCUT2D eigenvalue weighted by Gasteiger charge is 2.17. The van der Waals surface area contributed by atoms with Gasteiger partial charge in [0.1, 0.15) is 0 Å². The van der Waals surface area contributed by atoms with Gasteiger partial charge in [-0.25, -0.2) is 9.59 Å². The number of ether oxygens (including phenoxy) is 1. The zero-order valence-corrected chi connectivity index (χ0v) is 6.74. The van der Waals surface area contributed by atoms with E-state index in [4.69, 9.17) is 11.5 Å². The number of hydrogen-bond acceptors (Lipinski definition) is 3. The molecule has 0 amide bonds. The number of terminal acetylenes is 1. The van der Waals surface area contributed by atoms with Crippen LogP contribution in [-0.2, 0) is 14.3 Å². The van der Waals surface area contributed by atoms with Crippen molar-refractivity contribution in [1.82, 2.24) is 0 Å². The van der Waals surface area contributed by atoms with Gasteiger partial charge in [-0.2, -0.15) is 0 Å². The number of rotatable bonds is 3. The van der Waals surface area contributed by atoms with E-state index in [9.17, 15) is 9.59 Å². The maximum absolute atomic E-state index is 10.5. The Kier molecular flexibility index (Phi) is 4.54. The van der Waals surface area contributed by atoms with Crippen LogP contribution in [0.25, 0.3) is 0 Å². The molecule has 1 N–H and O–H groups in total. The summed E-state index contributed by atoms with van der Waals surface area (Å²) in [6, 6.07) is 0. The van der Waals surface area contributed by atoms with Crippen LogP contribution < -0.4 is 0 Å². The summed E-state index contributed by atoms with van der Waals surface area (Å²) in [5.41, 5.74) is 0.